The van der Waals surface area contributed by atoms with Crippen LogP contribution in [0.1, 0.15) is 0 Å². The fourth-order valence-electron chi connectivity index (χ4n) is 1.93. The summed E-state index contributed by atoms with van der Waals surface area (Å²) in [6, 6.07) is 13.9. The van der Waals surface area contributed by atoms with Crippen molar-refractivity contribution in [1.82, 2.24) is 0 Å². The molecular formula is C15H17NO3S2. The molecule has 2 aromatic carbocycles. The maximum atomic E-state index is 12.7. The first-order chi connectivity index (χ1) is 10.0. The van der Waals surface area contributed by atoms with Crippen molar-refractivity contribution in [1.29, 1.82) is 0 Å². The molecule has 2 rings (SSSR count). The van der Waals surface area contributed by atoms with E-state index in [1.165, 1.54) is 18.5 Å². The van der Waals surface area contributed by atoms with E-state index in [-0.39, 0.29) is 4.90 Å². The molecule has 0 aliphatic rings. The van der Waals surface area contributed by atoms with Crippen LogP contribution in [0.2, 0.25) is 0 Å². The van der Waals surface area contributed by atoms with E-state index in [1.54, 1.807) is 60.3 Å². The van der Waals surface area contributed by atoms with Crippen molar-refractivity contribution in [2.24, 2.45) is 0 Å². The molecule has 0 unspecified atom stereocenters. The Hall–Kier alpha value is -1.66. The summed E-state index contributed by atoms with van der Waals surface area (Å²) in [5, 5.41) is 0. The molecule has 21 heavy (non-hydrogen) atoms. The van der Waals surface area contributed by atoms with Crippen molar-refractivity contribution in [2.45, 2.75) is 9.79 Å². The number of methoxy groups -OCH3 is 1. The Morgan fingerprint density at radius 1 is 1.05 bits per heavy atom. The van der Waals surface area contributed by atoms with Gasteiger partial charge >= 0.3 is 0 Å². The molecule has 6 heteroatoms. The second-order valence-electron chi connectivity index (χ2n) is 4.32. The Labute approximate surface area is 129 Å². The van der Waals surface area contributed by atoms with E-state index in [9.17, 15) is 8.42 Å². The fraction of sp³-hybridized carbons (Fsp3) is 0.200. The lowest BCUT2D eigenvalue weighted by Crippen LogP contribution is -2.26. The van der Waals surface area contributed by atoms with E-state index in [4.69, 9.17) is 4.74 Å². The summed E-state index contributed by atoms with van der Waals surface area (Å²) in [6.07, 6.45) is 1.95. The molecule has 0 fully saturated rings. The van der Waals surface area contributed by atoms with E-state index in [0.717, 1.165) is 4.90 Å². The minimum atomic E-state index is -3.61. The summed E-state index contributed by atoms with van der Waals surface area (Å²) in [7, 11) is -0.562. The van der Waals surface area contributed by atoms with Crippen LogP contribution in [-0.4, -0.2) is 28.8 Å². The lowest BCUT2D eigenvalue weighted by Gasteiger charge is -2.21. The van der Waals surface area contributed by atoms with Gasteiger partial charge in [-0.3, -0.25) is 4.31 Å². The Morgan fingerprint density at radius 2 is 1.67 bits per heavy atom. The third-order valence-electron chi connectivity index (χ3n) is 3.14. The minimum Gasteiger partial charge on any atom is -0.495 e. The molecule has 0 aliphatic heterocycles. The van der Waals surface area contributed by atoms with Gasteiger partial charge in [-0.25, -0.2) is 8.42 Å². The molecule has 0 atom stereocenters. The molecule has 0 aliphatic carbocycles. The number of ether oxygens (including phenoxy) is 1. The summed E-state index contributed by atoms with van der Waals surface area (Å²) in [4.78, 5) is 1.28. The van der Waals surface area contributed by atoms with Gasteiger partial charge in [0.05, 0.1) is 17.7 Å². The highest BCUT2D eigenvalue weighted by molar-refractivity contribution is 7.98. The van der Waals surface area contributed by atoms with Crippen molar-refractivity contribution >= 4 is 27.5 Å². The molecule has 0 spiro atoms. The third-order valence-corrected chi connectivity index (χ3v) is 5.67. The van der Waals surface area contributed by atoms with Gasteiger partial charge < -0.3 is 4.74 Å². The summed E-state index contributed by atoms with van der Waals surface area (Å²) >= 11 is 1.57. The maximum Gasteiger partial charge on any atom is 0.264 e. The van der Waals surface area contributed by atoms with Crippen LogP contribution in [0.4, 0.5) is 5.69 Å². The number of benzene rings is 2. The quantitative estimate of drug-likeness (QED) is 0.793. The van der Waals surface area contributed by atoms with Gasteiger partial charge in [-0.05, 0) is 42.7 Å². The normalized spacial score (nSPS) is 11.2. The highest BCUT2D eigenvalue weighted by atomic mass is 32.2. The standard InChI is InChI=1S/C15H17NO3S2/c1-16(14-6-4-5-7-15(14)19-2)21(17,18)13-10-8-12(20-3)9-11-13/h4-11H,1-3H3. The van der Waals surface area contributed by atoms with Crippen molar-refractivity contribution in [3.05, 3.63) is 48.5 Å². The summed E-state index contributed by atoms with van der Waals surface area (Å²) < 4.78 is 31.8. The van der Waals surface area contributed by atoms with Crippen molar-refractivity contribution in [2.75, 3.05) is 24.7 Å². The Bertz CT molecular complexity index is 712. The van der Waals surface area contributed by atoms with Gasteiger partial charge in [0.2, 0.25) is 0 Å². The Morgan fingerprint density at radius 3 is 2.24 bits per heavy atom. The molecule has 0 saturated heterocycles. The predicted molar refractivity (Wildman–Crippen MR) is 86.8 cm³/mol. The molecular weight excluding hydrogens is 306 g/mol. The minimum absolute atomic E-state index is 0.258. The zero-order valence-electron chi connectivity index (χ0n) is 12.1. The number of thioether (sulfide) groups is 1. The second-order valence-corrected chi connectivity index (χ2v) is 7.17. The van der Waals surface area contributed by atoms with Crippen LogP contribution in [-0.2, 0) is 10.0 Å². The summed E-state index contributed by atoms with van der Waals surface area (Å²) in [6.45, 7) is 0. The van der Waals surface area contributed by atoms with Gasteiger partial charge in [0.25, 0.3) is 10.0 Å². The molecule has 0 aromatic heterocycles. The number of para-hydroxylation sites is 2. The maximum absolute atomic E-state index is 12.7. The number of rotatable bonds is 5. The van der Waals surface area contributed by atoms with E-state index in [2.05, 4.69) is 0 Å². The zero-order chi connectivity index (χ0) is 15.5. The Balaban J connectivity index is 2.42. The number of hydrogen-bond donors (Lipinski definition) is 0. The summed E-state index contributed by atoms with van der Waals surface area (Å²) in [5.41, 5.74) is 0.508. The highest BCUT2D eigenvalue weighted by Crippen LogP contribution is 2.31. The number of sulfonamides is 1. The van der Waals surface area contributed by atoms with Gasteiger partial charge in [0.1, 0.15) is 5.75 Å². The average molecular weight is 323 g/mol. The first kappa shape index (κ1) is 15.7. The largest absolute Gasteiger partial charge is 0.495 e. The van der Waals surface area contributed by atoms with Crippen LogP contribution in [0.15, 0.2) is 58.3 Å². The first-order valence-electron chi connectivity index (χ1n) is 6.26. The highest BCUT2D eigenvalue weighted by Gasteiger charge is 2.23. The van der Waals surface area contributed by atoms with Gasteiger partial charge in [0, 0.05) is 11.9 Å². The van der Waals surface area contributed by atoms with Crippen LogP contribution >= 0.6 is 11.8 Å². The van der Waals surface area contributed by atoms with Crippen molar-refractivity contribution < 1.29 is 13.2 Å². The summed E-state index contributed by atoms with van der Waals surface area (Å²) in [5.74, 6) is 0.518. The third kappa shape index (κ3) is 3.16. The molecule has 0 radical (unpaired) electrons. The van der Waals surface area contributed by atoms with Crippen LogP contribution < -0.4 is 9.04 Å². The van der Waals surface area contributed by atoms with E-state index in [0.29, 0.717) is 11.4 Å². The predicted octanol–water partition coefficient (Wildman–Crippen LogP) is 3.24. The topological polar surface area (TPSA) is 46.6 Å². The monoisotopic (exact) mass is 323 g/mol. The molecule has 0 N–H and O–H groups in total. The molecule has 112 valence electrons. The van der Waals surface area contributed by atoms with Gasteiger partial charge in [-0.2, -0.15) is 0 Å². The van der Waals surface area contributed by atoms with E-state index >= 15 is 0 Å². The molecule has 4 nitrogen and oxygen atoms in total. The van der Waals surface area contributed by atoms with E-state index in [1.807, 2.05) is 6.26 Å². The van der Waals surface area contributed by atoms with Crippen LogP contribution in [0.5, 0.6) is 5.75 Å². The molecule has 0 saturated carbocycles. The molecule has 0 bridgehead atoms. The zero-order valence-corrected chi connectivity index (χ0v) is 13.7. The van der Waals surface area contributed by atoms with E-state index < -0.39 is 10.0 Å². The fourth-order valence-corrected chi connectivity index (χ4v) is 3.54. The van der Waals surface area contributed by atoms with Crippen molar-refractivity contribution in [3.63, 3.8) is 0 Å². The number of anilines is 1. The molecule has 2 aromatic rings. The Kier molecular flexibility index (Phi) is 4.80. The lowest BCUT2D eigenvalue weighted by atomic mass is 10.3. The average Bonchev–Trinajstić information content (AvgIpc) is 2.54. The van der Waals surface area contributed by atoms with Gasteiger partial charge in [0.15, 0.2) is 0 Å². The van der Waals surface area contributed by atoms with Gasteiger partial charge in [-0.1, -0.05) is 12.1 Å². The van der Waals surface area contributed by atoms with Crippen LogP contribution in [0.3, 0.4) is 0 Å². The molecule has 0 amide bonds. The number of nitrogens with zero attached hydrogens (tertiary/aromatic N) is 1. The lowest BCUT2D eigenvalue weighted by molar-refractivity contribution is 0.416. The van der Waals surface area contributed by atoms with Crippen LogP contribution in [0, 0.1) is 0 Å². The molecule has 0 heterocycles. The van der Waals surface area contributed by atoms with Gasteiger partial charge in [-0.15, -0.1) is 11.8 Å². The first-order valence-corrected chi connectivity index (χ1v) is 8.93. The SMILES string of the molecule is COc1ccccc1N(C)S(=O)(=O)c1ccc(SC)cc1. The van der Waals surface area contributed by atoms with Crippen LogP contribution in [0.25, 0.3) is 0 Å². The van der Waals surface area contributed by atoms with Crippen molar-refractivity contribution in [3.8, 4) is 5.75 Å². The second kappa shape index (κ2) is 6.41. The number of hydrogen-bond acceptors (Lipinski definition) is 4. The smallest absolute Gasteiger partial charge is 0.264 e.